The summed E-state index contributed by atoms with van der Waals surface area (Å²) in [5.74, 6) is -0.490. The van der Waals surface area contributed by atoms with Crippen LogP contribution in [0, 0.1) is 0 Å². The zero-order chi connectivity index (χ0) is 11.7. The van der Waals surface area contributed by atoms with Crippen molar-refractivity contribution in [1.82, 2.24) is 0 Å². The molecule has 0 aromatic rings. The van der Waals surface area contributed by atoms with E-state index < -0.39 is 16.1 Å². The highest BCUT2D eigenvalue weighted by Crippen LogP contribution is 1.98. The van der Waals surface area contributed by atoms with E-state index in [0.717, 1.165) is 12.7 Å². The number of carbonyl (C=O) groups excluding carboxylic acids is 1. The fraction of sp³-hybridized carbons (Fsp3) is 0.875. The number of rotatable bonds is 8. The van der Waals surface area contributed by atoms with Gasteiger partial charge in [0.05, 0.1) is 19.5 Å². The molecule has 0 saturated carbocycles. The van der Waals surface area contributed by atoms with Gasteiger partial charge in [0.25, 0.3) is 10.1 Å². The van der Waals surface area contributed by atoms with Gasteiger partial charge in [-0.15, -0.1) is 0 Å². The van der Waals surface area contributed by atoms with E-state index in [-0.39, 0.29) is 6.61 Å². The topological polar surface area (TPSA) is 78.9 Å². The van der Waals surface area contributed by atoms with Gasteiger partial charge in [0, 0.05) is 6.92 Å². The number of hydrogen-bond acceptors (Lipinski definition) is 6. The highest BCUT2D eigenvalue weighted by Gasteiger charge is 2.00. The van der Waals surface area contributed by atoms with Crippen molar-refractivity contribution in [1.29, 1.82) is 0 Å². The standard InChI is InChI=1S/C8H16O6S/c1-8(9)14-12-6-4-3-5-7-13-15(2,10)11/h3-7H2,1-2H3. The van der Waals surface area contributed by atoms with Crippen LogP contribution >= 0.6 is 0 Å². The Bertz CT molecular complexity index is 271. The molecule has 6 nitrogen and oxygen atoms in total. The van der Waals surface area contributed by atoms with Crippen LogP contribution in [-0.2, 0) is 28.9 Å². The second-order valence-corrected chi connectivity index (χ2v) is 4.63. The molecule has 0 fully saturated rings. The molecule has 0 spiro atoms. The molecule has 0 unspecified atom stereocenters. The monoisotopic (exact) mass is 240 g/mol. The van der Waals surface area contributed by atoms with Gasteiger partial charge in [-0.2, -0.15) is 13.3 Å². The lowest BCUT2D eigenvalue weighted by Gasteiger charge is -2.02. The van der Waals surface area contributed by atoms with Gasteiger partial charge in [-0.25, -0.2) is 4.79 Å². The molecule has 0 bridgehead atoms. The molecule has 0 aliphatic rings. The molecule has 0 heterocycles. The van der Waals surface area contributed by atoms with Gasteiger partial charge in [-0.3, -0.25) is 9.07 Å². The SMILES string of the molecule is CC(=O)OOCCCCCOS(C)(=O)=O. The summed E-state index contributed by atoms with van der Waals surface area (Å²) in [6, 6.07) is 0. The highest BCUT2D eigenvalue weighted by molar-refractivity contribution is 7.85. The molecule has 0 radical (unpaired) electrons. The van der Waals surface area contributed by atoms with Crippen LogP contribution in [0.15, 0.2) is 0 Å². The Morgan fingerprint density at radius 3 is 2.27 bits per heavy atom. The van der Waals surface area contributed by atoms with Crippen LogP contribution in [0.3, 0.4) is 0 Å². The van der Waals surface area contributed by atoms with Crippen LogP contribution in [0.25, 0.3) is 0 Å². The van der Waals surface area contributed by atoms with Crippen molar-refractivity contribution in [2.75, 3.05) is 19.5 Å². The molecule has 0 aromatic carbocycles. The number of carbonyl (C=O) groups is 1. The first-order chi connectivity index (χ1) is 6.92. The first-order valence-corrected chi connectivity index (χ1v) is 6.38. The van der Waals surface area contributed by atoms with Gasteiger partial charge >= 0.3 is 5.97 Å². The largest absolute Gasteiger partial charge is 0.339 e. The van der Waals surface area contributed by atoms with Crippen LogP contribution in [-0.4, -0.2) is 33.9 Å². The lowest BCUT2D eigenvalue weighted by molar-refractivity contribution is -0.270. The summed E-state index contributed by atoms with van der Waals surface area (Å²) in [7, 11) is -3.33. The van der Waals surface area contributed by atoms with E-state index in [0.29, 0.717) is 19.4 Å². The minimum atomic E-state index is -3.33. The quantitative estimate of drug-likeness (QED) is 0.268. The third kappa shape index (κ3) is 13.3. The summed E-state index contributed by atoms with van der Waals surface area (Å²) in [6.45, 7) is 1.73. The normalized spacial score (nSPS) is 11.3. The molecule has 0 aromatic heterocycles. The molecule has 0 aliphatic carbocycles. The Kier molecular flexibility index (Phi) is 7.27. The van der Waals surface area contributed by atoms with Crippen molar-refractivity contribution >= 4 is 16.1 Å². The van der Waals surface area contributed by atoms with Crippen molar-refractivity contribution in [3.05, 3.63) is 0 Å². The van der Waals surface area contributed by atoms with E-state index in [1.54, 1.807) is 0 Å². The fourth-order valence-electron chi connectivity index (χ4n) is 0.775. The van der Waals surface area contributed by atoms with Crippen molar-refractivity contribution < 1.29 is 27.2 Å². The predicted octanol–water partition coefficient (Wildman–Crippen LogP) is 0.628. The summed E-state index contributed by atoms with van der Waals surface area (Å²) < 4.78 is 25.6. The Balaban J connectivity index is 3.16. The second-order valence-electron chi connectivity index (χ2n) is 2.98. The Morgan fingerprint density at radius 1 is 1.13 bits per heavy atom. The van der Waals surface area contributed by atoms with Crippen molar-refractivity contribution in [2.45, 2.75) is 26.2 Å². The maximum absolute atomic E-state index is 10.5. The van der Waals surface area contributed by atoms with Crippen molar-refractivity contribution in [3.8, 4) is 0 Å². The second kappa shape index (κ2) is 7.61. The first kappa shape index (κ1) is 14.3. The van der Waals surface area contributed by atoms with E-state index in [2.05, 4.69) is 14.0 Å². The predicted molar refractivity (Wildman–Crippen MR) is 52.4 cm³/mol. The van der Waals surface area contributed by atoms with E-state index in [1.807, 2.05) is 0 Å². The Morgan fingerprint density at radius 2 is 1.73 bits per heavy atom. The van der Waals surface area contributed by atoms with Crippen LogP contribution in [0.5, 0.6) is 0 Å². The van der Waals surface area contributed by atoms with E-state index in [9.17, 15) is 13.2 Å². The van der Waals surface area contributed by atoms with E-state index in [4.69, 9.17) is 0 Å². The zero-order valence-electron chi connectivity index (χ0n) is 8.89. The molecular weight excluding hydrogens is 224 g/mol. The van der Waals surface area contributed by atoms with Crippen LogP contribution in [0.2, 0.25) is 0 Å². The first-order valence-electron chi connectivity index (χ1n) is 4.56. The third-order valence-electron chi connectivity index (χ3n) is 1.35. The Labute approximate surface area is 89.6 Å². The average Bonchev–Trinajstić information content (AvgIpc) is 2.07. The third-order valence-corrected chi connectivity index (χ3v) is 1.94. The lowest BCUT2D eigenvalue weighted by atomic mass is 10.2. The smallest absolute Gasteiger partial charge is 0.299 e. The molecule has 0 amide bonds. The van der Waals surface area contributed by atoms with Gasteiger partial charge < -0.3 is 0 Å². The van der Waals surface area contributed by atoms with E-state index in [1.165, 1.54) is 6.92 Å². The van der Waals surface area contributed by atoms with Gasteiger partial charge in [-0.1, -0.05) is 0 Å². The van der Waals surface area contributed by atoms with E-state index >= 15 is 0 Å². The number of unbranched alkanes of at least 4 members (excludes halogenated alkanes) is 2. The molecule has 0 aliphatic heterocycles. The molecule has 0 rings (SSSR count). The maximum Gasteiger partial charge on any atom is 0.339 e. The molecule has 90 valence electrons. The van der Waals surface area contributed by atoms with Gasteiger partial charge in [0.15, 0.2) is 0 Å². The van der Waals surface area contributed by atoms with Gasteiger partial charge in [0.2, 0.25) is 0 Å². The summed E-state index contributed by atoms with van der Waals surface area (Å²) in [4.78, 5) is 19.0. The highest BCUT2D eigenvalue weighted by atomic mass is 32.2. The summed E-state index contributed by atoms with van der Waals surface area (Å²) in [5, 5.41) is 0. The van der Waals surface area contributed by atoms with Crippen molar-refractivity contribution in [3.63, 3.8) is 0 Å². The minimum absolute atomic E-state index is 0.173. The lowest BCUT2D eigenvalue weighted by Crippen LogP contribution is -2.05. The fourth-order valence-corrected chi connectivity index (χ4v) is 1.20. The Hall–Kier alpha value is -0.660. The average molecular weight is 240 g/mol. The number of hydrogen-bond donors (Lipinski definition) is 0. The van der Waals surface area contributed by atoms with Gasteiger partial charge in [0.1, 0.15) is 0 Å². The molecule has 15 heavy (non-hydrogen) atoms. The summed E-state index contributed by atoms with van der Waals surface area (Å²) in [6.07, 6.45) is 3.06. The molecular formula is C8H16O6S. The van der Waals surface area contributed by atoms with Crippen LogP contribution < -0.4 is 0 Å². The molecule has 7 heteroatoms. The molecule has 0 atom stereocenters. The molecule has 0 N–H and O–H groups in total. The zero-order valence-corrected chi connectivity index (χ0v) is 9.71. The van der Waals surface area contributed by atoms with Gasteiger partial charge in [-0.05, 0) is 19.3 Å². The summed E-state index contributed by atoms with van der Waals surface area (Å²) >= 11 is 0. The minimum Gasteiger partial charge on any atom is -0.299 e. The van der Waals surface area contributed by atoms with Crippen molar-refractivity contribution in [2.24, 2.45) is 0 Å². The maximum atomic E-state index is 10.5. The van der Waals surface area contributed by atoms with Crippen LogP contribution in [0.1, 0.15) is 26.2 Å². The summed E-state index contributed by atoms with van der Waals surface area (Å²) in [5.41, 5.74) is 0. The molecule has 0 saturated heterocycles. The van der Waals surface area contributed by atoms with Crippen LogP contribution in [0.4, 0.5) is 0 Å².